The average molecular weight is 571 g/mol. The summed E-state index contributed by atoms with van der Waals surface area (Å²) < 4.78 is 25.7. The molecule has 5 nitrogen and oxygen atoms in total. The molecule has 4 aromatic rings. The number of rotatable bonds is 9. The van der Waals surface area contributed by atoms with E-state index >= 15 is 0 Å². The molecule has 0 bridgehead atoms. The summed E-state index contributed by atoms with van der Waals surface area (Å²) in [6.45, 7) is 0.438. The Hall–Kier alpha value is -4.41. The molecule has 0 fully saturated rings. The number of nitrogens with one attached hydrogen (secondary N) is 1. The van der Waals surface area contributed by atoms with Crippen molar-refractivity contribution in [2.75, 3.05) is 12.4 Å². The summed E-state index contributed by atoms with van der Waals surface area (Å²) in [6, 6.07) is 28.6. The molecule has 0 spiro atoms. The normalized spacial score (nSPS) is 10.9. The molecule has 7 heteroatoms. The van der Waals surface area contributed by atoms with E-state index in [9.17, 15) is 14.4 Å². The Balaban J connectivity index is 1.45. The number of hydrogen-bond acceptors (Lipinski definition) is 4. The van der Waals surface area contributed by atoms with Gasteiger partial charge in [-0.25, -0.2) is 4.39 Å². The Bertz CT molecular complexity index is 1500. The van der Waals surface area contributed by atoms with E-state index in [-0.39, 0.29) is 11.4 Å². The predicted octanol–water partition coefficient (Wildman–Crippen LogP) is 7.31. The van der Waals surface area contributed by atoms with Crippen LogP contribution in [-0.2, 0) is 17.8 Å². The van der Waals surface area contributed by atoms with E-state index in [1.165, 1.54) is 25.3 Å². The summed E-state index contributed by atoms with van der Waals surface area (Å²) in [5.74, 6) is 0.373. The van der Waals surface area contributed by atoms with E-state index in [2.05, 4.69) is 21.2 Å². The second kappa shape index (κ2) is 12.7. The minimum absolute atomic E-state index is 0.0683. The molecular weight excluding hydrogens is 547 g/mol. The highest BCUT2D eigenvalue weighted by molar-refractivity contribution is 9.10. The number of carbonyl (C=O) groups excluding carboxylic acids is 1. The molecule has 0 saturated heterocycles. The molecule has 0 aliphatic heterocycles. The van der Waals surface area contributed by atoms with Gasteiger partial charge in [0.25, 0.3) is 5.91 Å². The third-order valence-electron chi connectivity index (χ3n) is 5.70. The van der Waals surface area contributed by atoms with Gasteiger partial charge in [-0.3, -0.25) is 4.79 Å². The Morgan fingerprint density at radius 1 is 1.00 bits per heavy atom. The number of carbonyl (C=O) groups is 1. The molecule has 0 aliphatic carbocycles. The molecule has 4 rings (SSSR count). The van der Waals surface area contributed by atoms with Gasteiger partial charge in [0.2, 0.25) is 0 Å². The molecule has 38 heavy (non-hydrogen) atoms. The Morgan fingerprint density at radius 2 is 1.74 bits per heavy atom. The fraction of sp³-hybridized carbons (Fsp3) is 0.0968. The largest absolute Gasteiger partial charge is 0.496 e. The first-order valence-corrected chi connectivity index (χ1v) is 12.5. The zero-order chi connectivity index (χ0) is 26.9. The van der Waals surface area contributed by atoms with Crippen molar-refractivity contribution in [2.24, 2.45) is 0 Å². The predicted molar refractivity (Wildman–Crippen MR) is 149 cm³/mol. The van der Waals surface area contributed by atoms with Gasteiger partial charge in [0.05, 0.1) is 7.11 Å². The van der Waals surface area contributed by atoms with Gasteiger partial charge >= 0.3 is 0 Å². The number of amides is 1. The van der Waals surface area contributed by atoms with Crippen LogP contribution in [0.4, 0.5) is 10.1 Å². The van der Waals surface area contributed by atoms with E-state index in [1.807, 2.05) is 42.5 Å². The maximum atomic E-state index is 13.6. The van der Waals surface area contributed by atoms with Crippen LogP contribution in [0, 0.1) is 17.1 Å². The van der Waals surface area contributed by atoms with E-state index in [0.29, 0.717) is 35.8 Å². The van der Waals surface area contributed by atoms with E-state index in [0.717, 1.165) is 21.2 Å². The van der Waals surface area contributed by atoms with Crippen molar-refractivity contribution in [1.82, 2.24) is 0 Å². The van der Waals surface area contributed by atoms with Gasteiger partial charge in [-0.15, -0.1) is 0 Å². The van der Waals surface area contributed by atoms with Crippen LogP contribution in [0.5, 0.6) is 11.5 Å². The second-order valence-electron chi connectivity index (χ2n) is 8.41. The maximum absolute atomic E-state index is 13.6. The lowest BCUT2D eigenvalue weighted by Crippen LogP contribution is -2.13. The third kappa shape index (κ3) is 7.09. The summed E-state index contributed by atoms with van der Waals surface area (Å²) in [7, 11) is 1.54. The zero-order valence-electron chi connectivity index (χ0n) is 20.6. The number of nitrogens with zero attached hydrogens (tertiary/aromatic N) is 1. The SMILES string of the molecule is COc1cc(/C=C(\C#N)C(=O)Nc2ccc(OCc3ccccc3)cc2)cc(Br)c1Cc1cccc(F)c1. The highest BCUT2D eigenvalue weighted by Crippen LogP contribution is 2.32. The number of ether oxygens (including phenoxy) is 2. The van der Waals surface area contributed by atoms with Gasteiger partial charge < -0.3 is 14.8 Å². The fourth-order valence-electron chi connectivity index (χ4n) is 3.81. The summed E-state index contributed by atoms with van der Waals surface area (Å²) in [4.78, 5) is 12.8. The monoisotopic (exact) mass is 570 g/mol. The highest BCUT2D eigenvalue weighted by atomic mass is 79.9. The first kappa shape index (κ1) is 26.6. The summed E-state index contributed by atoms with van der Waals surface area (Å²) in [6.07, 6.45) is 1.94. The number of hydrogen-bond donors (Lipinski definition) is 1. The standard InChI is InChI=1S/C31H24BrFN2O3/c1-37-30-18-23(17-29(32)28(30)16-22-8-5-9-25(33)15-22)14-24(19-34)31(36)35-26-10-12-27(13-11-26)38-20-21-6-3-2-4-7-21/h2-15,17-18H,16,20H2,1H3,(H,35,36)/b24-14+. The van der Waals surface area contributed by atoms with Gasteiger partial charge in [0.1, 0.15) is 35.6 Å². The Kier molecular flexibility index (Phi) is 8.91. The topological polar surface area (TPSA) is 71.3 Å². The van der Waals surface area contributed by atoms with E-state index in [4.69, 9.17) is 9.47 Å². The van der Waals surface area contributed by atoms with Gasteiger partial charge in [-0.05, 0) is 71.3 Å². The molecule has 0 unspecified atom stereocenters. The van der Waals surface area contributed by atoms with Crippen LogP contribution >= 0.6 is 15.9 Å². The summed E-state index contributed by atoms with van der Waals surface area (Å²) >= 11 is 3.55. The first-order chi connectivity index (χ1) is 18.4. The summed E-state index contributed by atoms with van der Waals surface area (Å²) in [5.41, 5.74) is 3.74. The van der Waals surface area contributed by atoms with Crippen molar-refractivity contribution in [2.45, 2.75) is 13.0 Å². The molecule has 0 saturated carbocycles. The first-order valence-electron chi connectivity index (χ1n) is 11.8. The van der Waals surface area contributed by atoms with Crippen LogP contribution in [-0.4, -0.2) is 13.0 Å². The molecule has 0 radical (unpaired) electrons. The lowest BCUT2D eigenvalue weighted by molar-refractivity contribution is -0.112. The quantitative estimate of drug-likeness (QED) is 0.169. The average Bonchev–Trinajstić information content (AvgIpc) is 2.93. The molecule has 190 valence electrons. The molecule has 4 aromatic carbocycles. The van der Waals surface area contributed by atoms with Crippen molar-refractivity contribution in [1.29, 1.82) is 5.26 Å². The number of benzene rings is 4. The van der Waals surface area contributed by atoms with Gasteiger partial charge in [-0.1, -0.05) is 58.4 Å². The lowest BCUT2D eigenvalue weighted by atomic mass is 10.0. The van der Waals surface area contributed by atoms with Crippen molar-refractivity contribution < 1.29 is 18.7 Å². The van der Waals surface area contributed by atoms with Gasteiger partial charge in [-0.2, -0.15) is 5.26 Å². The smallest absolute Gasteiger partial charge is 0.266 e. The minimum Gasteiger partial charge on any atom is -0.496 e. The van der Waals surface area contributed by atoms with E-state index < -0.39 is 5.91 Å². The number of halogens is 2. The number of anilines is 1. The molecule has 0 aliphatic rings. The zero-order valence-corrected chi connectivity index (χ0v) is 22.2. The highest BCUT2D eigenvalue weighted by Gasteiger charge is 2.14. The lowest BCUT2D eigenvalue weighted by Gasteiger charge is -2.13. The molecule has 1 amide bonds. The van der Waals surface area contributed by atoms with Crippen LogP contribution in [0.25, 0.3) is 6.08 Å². The number of nitriles is 1. The van der Waals surface area contributed by atoms with Crippen LogP contribution < -0.4 is 14.8 Å². The van der Waals surface area contributed by atoms with Crippen molar-refractivity contribution >= 4 is 33.6 Å². The summed E-state index contributed by atoms with van der Waals surface area (Å²) in [5, 5.41) is 12.4. The third-order valence-corrected chi connectivity index (χ3v) is 6.41. The van der Waals surface area contributed by atoms with Crippen LogP contribution in [0.3, 0.4) is 0 Å². The van der Waals surface area contributed by atoms with Crippen LogP contribution in [0.15, 0.2) is 101 Å². The minimum atomic E-state index is -0.538. The van der Waals surface area contributed by atoms with Crippen molar-refractivity contribution in [3.63, 3.8) is 0 Å². The molecule has 0 aromatic heterocycles. The number of methoxy groups -OCH3 is 1. The molecule has 0 heterocycles. The molecular formula is C31H24BrFN2O3. The molecule has 0 atom stereocenters. The fourth-order valence-corrected chi connectivity index (χ4v) is 4.41. The Morgan fingerprint density at radius 3 is 2.42 bits per heavy atom. The van der Waals surface area contributed by atoms with Crippen molar-refractivity contribution in [3.05, 3.63) is 129 Å². The van der Waals surface area contributed by atoms with Crippen LogP contribution in [0.2, 0.25) is 0 Å². The van der Waals surface area contributed by atoms with Crippen molar-refractivity contribution in [3.8, 4) is 17.6 Å². The Labute approximate surface area is 229 Å². The second-order valence-corrected chi connectivity index (χ2v) is 9.27. The van der Waals surface area contributed by atoms with Gasteiger partial charge in [0.15, 0.2) is 0 Å². The van der Waals surface area contributed by atoms with Gasteiger partial charge in [0, 0.05) is 22.1 Å². The van der Waals surface area contributed by atoms with Crippen LogP contribution in [0.1, 0.15) is 22.3 Å². The van der Waals surface area contributed by atoms with E-state index in [1.54, 1.807) is 42.5 Å². The maximum Gasteiger partial charge on any atom is 0.266 e. The molecule has 1 N–H and O–H groups in total.